The zero-order valence-corrected chi connectivity index (χ0v) is 20.7. The van der Waals surface area contributed by atoms with Crippen LogP contribution in [0.15, 0.2) is 85.1 Å². The Bertz CT molecular complexity index is 1280. The van der Waals surface area contributed by atoms with Crippen molar-refractivity contribution in [1.29, 1.82) is 0 Å². The third kappa shape index (κ3) is 6.53. The summed E-state index contributed by atoms with van der Waals surface area (Å²) in [6.45, 7) is 9.60. The van der Waals surface area contributed by atoms with Gasteiger partial charge in [0.2, 0.25) is 0 Å². The second-order valence-corrected chi connectivity index (χ2v) is 9.74. The molecule has 1 fully saturated rings. The Morgan fingerprint density at radius 3 is 2.71 bits per heavy atom. The summed E-state index contributed by atoms with van der Waals surface area (Å²) in [6, 6.07) is 15.2. The number of nitrogens with zero attached hydrogens (tertiary/aromatic N) is 2. The van der Waals surface area contributed by atoms with Gasteiger partial charge in [0.1, 0.15) is 17.7 Å². The number of rotatable bonds is 8. The van der Waals surface area contributed by atoms with E-state index in [1.54, 1.807) is 24.4 Å². The van der Waals surface area contributed by atoms with Crippen molar-refractivity contribution in [1.82, 2.24) is 9.88 Å². The second-order valence-electron chi connectivity index (χ2n) is 8.57. The molecule has 2 heterocycles. The van der Waals surface area contributed by atoms with Crippen LogP contribution in [-0.2, 0) is 0 Å². The largest absolute Gasteiger partial charge is 0.490 e. The minimum Gasteiger partial charge on any atom is -0.490 e. The molecule has 1 aromatic heterocycles. The summed E-state index contributed by atoms with van der Waals surface area (Å²) >= 11 is 1.39. The fourth-order valence-corrected chi connectivity index (χ4v) is 4.69. The molecule has 1 saturated heterocycles. The number of carbonyl (C=O) groups excluding carboxylic acids is 1. The molecule has 7 heteroatoms. The number of benzene rings is 2. The van der Waals surface area contributed by atoms with Gasteiger partial charge >= 0.3 is 0 Å². The first-order chi connectivity index (χ1) is 16.9. The number of hydrogen-bond acceptors (Lipinski definition) is 6. The summed E-state index contributed by atoms with van der Waals surface area (Å²) in [7, 11) is 2.12. The Morgan fingerprint density at radius 2 is 1.97 bits per heavy atom. The second kappa shape index (κ2) is 11.3. The average molecular weight is 487 g/mol. The zero-order valence-electron chi connectivity index (χ0n) is 19.9. The number of ether oxygens (including phenoxy) is 1. The average Bonchev–Trinajstić information content (AvgIpc) is 2.84. The highest BCUT2D eigenvalue weighted by molar-refractivity contribution is 8.11. The summed E-state index contributed by atoms with van der Waals surface area (Å²) < 4.78 is 6.13. The third-order valence-electron chi connectivity index (χ3n) is 5.82. The lowest BCUT2D eigenvalue weighted by molar-refractivity contribution is 0.102. The van der Waals surface area contributed by atoms with Crippen molar-refractivity contribution in [2.45, 2.75) is 18.9 Å². The number of nitrogens with one attached hydrogen (secondary N) is 1. The molecule has 0 atom stereocenters. The molecule has 0 unspecified atom stereocenters. The van der Waals surface area contributed by atoms with Gasteiger partial charge in [-0.1, -0.05) is 49.2 Å². The van der Waals surface area contributed by atoms with E-state index in [0.717, 1.165) is 47.2 Å². The van der Waals surface area contributed by atoms with Crippen LogP contribution in [0.2, 0.25) is 0 Å². The standard InChI is InChI=1S/C28H30N4O2S/c1-4-6-26(35-19(2)29)20-9-10-22-18-30-27(17-23(22)15-20)31-28(33)21-7-5-8-25(16-21)34-24-11-13-32(3)14-12-24/h4-10,15-18,24H,1-2,11-14,29H2,3H3,(H,30,31,33)/b26-6-. The van der Waals surface area contributed by atoms with Crippen LogP contribution in [0.5, 0.6) is 5.75 Å². The fraction of sp³-hybridized carbons (Fsp3) is 0.214. The molecule has 1 aliphatic heterocycles. The predicted molar refractivity (Wildman–Crippen MR) is 146 cm³/mol. The van der Waals surface area contributed by atoms with Crippen LogP contribution >= 0.6 is 11.8 Å². The molecular formula is C28H30N4O2S. The molecule has 35 heavy (non-hydrogen) atoms. The van der Waals surface area contributed by atoms with E-state index in [-0.39, 0.29) is 12.0 Å². The maximum atomic E-state index is 13.0. The number of allylic oxidation sites excluding steroid dienone is 2. The first kappa shape index (κ1) is 24.6. The summed E-state index contributed by atoms with van der Waals surface area (Å²) in [5.41, 5.74) is 7.31. The zero-order chi connectivity index (χ0) is 24.8. The molecule has 4 rings (SSSR count). The monoisotopic (exact) mass is 486 g/mol. The normalized spacial score (nSPS) is 15.1. The lowest BCUT2D eigenvalue weighted by Crippen LogP contribution is -2.35. The number of hydrogen-bond donors (Lipinski definition) is 2. The maximum absolute atomic E-state index is 13.0. The number of likely N-dealkylation sites (tertiary alicyclic amines) is 1. The van der Waals surface area contributed by atoms with Crippen LogP contribution < -0.4 is 15.8 Å². The van der Waals surface area contributed by atoms with Gasteiger partial charge in [-0.2, -0.15) is 0 Å². The molecule has 180 valence electrons. The van der Waals surface area contributed by atoms with Crippen LogP contribution in [0.3, 0.4) is 0 Å². The number of amides is 1. The Kier molecular flexibility index (Phi) is 7.90. The fourth-order valence-electron chi connectivity index (χ4n) is 3.99. The number of nitrogens with two attached hydrogens (primary N) is 1. The van der Waals surface area contributed by atoms with Crippen LogP contribution in [0.25, 0.3) is 15.7 Å². The van der Waals surface area contributed by atoms with E-state index in [1.165, 1.54) is 11.8 Å². The van der Waals surface area contributed by atoms with Crippen molar-refractivity contribution in [3.05, 3.63) is 96.2 Å². The van der Waals surface area contributed by atoms with Gasteiger partial charge in [-0.05, 0) is 67.2 Å². The van der Waals surface area contributed by atoms with Gasteiger partial charge in [0, 0.05) is 35.1 Å². The van der Waals surface area contributed by atoms with Gasteiger partial charge in [0.25, 0.3) is 5.91 Å². The topological polar surface area (TPSA) is 80.5 Å². The molecule has 0 spiro atoms. The number of carbonyl (C=O) groups is 1. The van der Waals surface area contributed by atoms with Crippen LogP contribution in [0.4, 0.5) is 5.82 Å². The van der Waals surface area contributed by atoms with Gasteiger partial charge < -0.3 is 20.7 Å². The highest BCUT2D eigenvalue weighted by Gasteiger charge is 2.18. The van der Waals surface area contributed by atoms with Crippen LogP contribution in [-0.4, -0.2) is 42.0 Å². The summed E-state index contributed by atoms with van der Waals surface area (Å²) in [6.07, 6.45) is 7.51. The molecule has 0 radical (unpaired) electrons. The van der Waals surface area contributed by atoms with Crippen molar-refractivity contribution in [2.24, 2.45) is 5.73 Å². The molecule has 1 aliphatic rings. The van der Waals surface area contributed by atoms with Crippen molar-refractivity contribution >= 4 is 39.2 Å². The smallest absolute Gasteiger partial charge is 0.256 e. The van der Waals surface area contributed by atoms with Crippen LogP contribution in [0, 0.1) is 0 Å². The first-order valence-electron chi connectivity index (χ1n) is 11.5. The summed E-state index contributed by atoms with van der Waals surface area (Å²) in [5, 5.41) is 5.33. The molecule has 1 amide bonds. The van der Waals surface area contributed by atoms with Gasteiger partial charge in [0.15, 0.2) is 0 Å². The molecular weight excluding hydrogens is 456 g/mol. The Balaban J connectivity index is 1.50. The lowest BCUT2D eigenvalue weighted by Gasteiger charge is -2.29. The van der Waals surface area contributed by atoms with E-state index in [1.807, 2.05) is 42.5 Å². The van der Waals surface area contributed by atoms with E-state index < -0.39 is 0 Å². The molecule has 0 aliphatic carbocycles. The summed E-state index contributed by atoms with van der Waals surface area (Å²) in [5.74, 6) is 0.958. The van der Waals surface area contributed by atoms with Crippen LogP contribution in [0.1, 0.15) is 28.8 Å². The van der Waals surface area contributed by atoms with E-state index in [0.29, 0.717) is 22.2 Å². The van der Waals surface area contributed by atoms with Crippen molar-refractivity contribution in [3.8, 4) is 5.75 Å². The van der Waals surface area contributed by atoms with E-state index in [2.05, 4.69) is 35.4 Å². The highest BCUT2D eigenvalue weighted by Crippen LogP contribution is 2.33. The van der Waals surface area contributed by atoms with Gasteiger partial charge in [-0.3, -0.25) is 4.79 Å². The van der Waals surface area contributed by atoms with E-state index in [9.17, 15) is 4.79 Å². The Labute approximate surface area is 210 Å². The number of piperidine rings is 1. The number of anilines is 1. The molecule has 3 aromatic rings. The van der Waals surface area contributed by atoms with E-state index in [4.69, 9.17) is 10.5 Å². The number of thioether (sulfide) groups is 1. The van der Waals surface area contributed by atoms with Gasteiger partial charge in [0.05, 0.1) is 5.03 Å². The third-order valence-corrected chi connectivity index (χ3v) is 6.68. The van der Waals surface area contributed by atoms with Crippen molar-refractivity contribution < 1.29 is 9.53 Å². The highest BCUT2D eigenvalue weighted by atomic mass is 32.2. The lowest BCUT2D eigenvalue weighted by atomic mass is 10.1. The molecule has 6 nitrogen and oxygen atoms in total. The molecule has 3 N–H and O–H groups in total. The summed E-state index contributed by atoms with van der Waals surface area (Å²) in [4.78, 5) is 20.6. The molecule has 0 bridgehead atoms. The van der Waals surface area contributed by atoms with Crippen molar-refractivity contribution in [3.63, 3.8) is 0 Å². The minimum absolute atomic E-state index is 0.176. The molecule has 2 aromatic carbocycles. The van der Waals surface area contributed by atoms with E-state index >= 15 is 0 Å². The number of pyridine rings is 1. The molecule has 0 saturated carbocycles. The minimum atomic E-state index is -0.232. The van der Waals surface area contributed by atoms with Crippen molar-refractivity contribution in [2.75, 3.05) is 25.5 Å². The SMILES string of the molecule is C=C/C=C(\SC(=C)N)c1ccc2cnc(NC(=O)c3cccc(OC4CCN(C)CC4)c3)cc2c1. The maximum Gasteiger partial charge on any atom is 0.256 e. The number of aromatic nitrogens is 1. The quantitative estimate of drug-likeness (QED) is 0.401. The van der Waals surface area contributed by atoms with Gasteiger partial charge in [-0.25, -0.2) is 4.98 Å². The predicted octanol–water partition coefficient (Wildman–Crippen LogP) is 5.65. The first-order valence-corrected chi connectivity index (χ1v) is 12.3. The Hall–Kier alpha value is -3.55. The Morgan fingerprint density at radius 1 is 1.17 bits per heavy atom. The van der Waals surface area contributed by atoms with Gasteiger partial charge in [-0.15, -0.1) is 0 Å². The number of fused-ring (bicyclic) bond motifs is 1.